The lowest BCUT2D eigenvalue weighted by molar-refractivity contribution is 0.0616. The maximum Gasteiger partial charge on any atom is 0.123 e. The minimum absolute atomic E-state index is 0.0691. The second-order valence-corrected chi connectivity index (χ2v) is 10.1. The molecule has 32 heavy (non-hydrogen) atoms. The van der Waals surface area contributed by atoms with Crippen LogP contribution in [0.5, 0.6) is 0 Å². The summed E-state index contributed by atoms with van der Waals surface area (Å²) in [5, 5.41) is 3.76. The number of hydrogen-bond acceptors (Lipinski definition) is 2. The highest BCUT2D eigenvalue weighted by atomic mass is 19.1. The second kappa shape index (κ2) is 12.3. The van der Waals surface area contributed by atoms with Crippen LogP contribution in [0, 0.1) is 11.2 Å². The lowest BCUT2D eigenvalue weighted by Gasteiger charge is -2.48. The molecule has 1 heterocycles. The first kappa shape index (κ1) is 26.3. The van der Waals surface area contributed by atoms with E-state index in [2.05, 4.69) is 81.4 Å². The van der Waals surface area contributed by atoms with Gasteiger partial charge in [-0.15, -0.1) is 13.2 Å². The van der Waals surface area contributed by atoms with Crippen molar-refractivity contribution in [2.24, 2.45) is 5.41 Å². The maximum atomic E-state index is 13.6. The Bertz CT molecular complexity index is 771. The van der Waals surface area contributed by atoms with Gasteiger partial charge in [-0.2, -0.15) is 0 Å². The second-order valence-electron chi connectivity index (χ2n) is 10.1. The van der Waals surface area contributed by atoms with Crippen LogP contribution in [-0.4, -0.2) is 30.1 Å². The number of halogens is 1. The molecule has 1 aliphatic heterocycles. The zero-order valence-corrected chi connectivity index (χ0v) is 20.7. The fourth-order valence-electron chi connectivity index (χ4n) is 5.06. The van der Waals surface area contributed by atoms with E-state index in [9.17, 15) is 4.39 Å². The monoisotopic (exact) mass is 438 g/mol. The Labute approximate surface area is 195 Å². The molecule has 0 saturated carbocycles. The van der Waals surface area contributed by atoms with Crippen molar-refractivity contribution in [3.05, 3.63) is 84.7 Å². The van der Waals surface area contributed by atoms with E-state index in [-0.39, 0.29) is 16.8 Å². The molecule has 0 aromatic heterocycles. The highest BCUT2D eigenvalue weighted by Crippen LogP contribution is 2.48. The van der Waals surface area contributed by atoms with Crippen LogP contribution >= 0.6 is 0 Å². The van der Waals surface area contributed by atoms with Crippen molar-refractivity contribution in [2.45, 2.75) is 71.4 Å². The third kappa shape index (κ3) is 7.56. The first-order valence-corrected chi connectivity index (χ1v) is 12.1. The number of hydrogen-bond donors (Lipinski definition) is 1. The number of rotatable bonds is 8. The van der Waals surface area contributed by atoms with Gasteiger partial charge in [-0.1, -0.05) is 55.8 Å². The van der Waals surface area contributed by atoms with Gasteiger partial charge in [0.15, 0.2) is 0 Å². The molecule has 1 saturated heterocycles. The number of nitrogens with zero attached hydrogens (tertiary/aromatic N) is 1. The van der Waals surface area contributed by atoms with Gasteiger partial charge < -0.3 is 5.32 Å². The van der Waals surface area contributed by atoms with Gasteiger partial charge in [-0.25, -0.2) is 4.39 Å². The van der Waals surface area contributed by atoms with Gasteiger partial charge in [0.2, 0.25) is 0 Å². The fourth-order valence-corrected chi connectivity index (χ4v) is 5.06. The Morgan fingerprint density at radius 1 is 1.00 bits per heavy atom. The van der Waals surface area contributed by atoms with Crippen LogP contribution in [0.2, 0.25) is 0 Å². The zero-order valence-electron chi connectivity index (χ0n) is 20.7. The normalized spacial score (nSPS) is 17.3. The van der Waals surface area contributed by atoms with E-state index < -0.39 is 0 Å². The molecule has 0 radical (unpaired) electrons. The lowest BCUT2D eigenvalue weighted by Crippen LogP contribution is -2.47. The standard InChI is InChI=1S/C27H39FN2.C2H4/c1-5-15-27(16-18-30(19-17-27)21-22-9-7-6-8-10-22)25(20-29-26(2,3)4)23-11-13-24(28)14-12-23;1-2/h6-14,25,29H,5,15-21H2,1-4H3;1-2H2. The van der Waals surface area contributed by atoms with Crippen LogP contribution in [0.15, 0.2) is 67.8 Å². The smallest absolute Gasteiger partial charge is 0.123 e. The summed E-state index contributed by atoms with van der Waals surface area (Å²) in [6, 6.07) is 18.1. The first-order valence-electron chi connectivity index (χ1n) is 12.1. The molecule has 0 bridgehead atoms. The molecule has 1 unspecified atom stereocenters. The van der Waals surface area contributed by atoms with Gasteiger partial charge in [0.05, 0.1) is 0 Å². The molecular weight excluding hydrogens is 395 g/mol. The third-order valence-corrected chi connectivity index (χ3v) is 6.70. The van der Waals surface area contributed by atoms with Crippen molar-refractivity contribution in [2.75, 3.05) is 19.6 Å². The molecule has 3 heteroatoms. The first-order chi connectivity index (χ1) is 15.3. The summed E-state index contributed by atoms with van der Waals surface area (Å²) in [7, 11) is 0. The van der Waals surface area contributed by atoms with Crippen LogP contribution in [0.3, 0.4) is 0 Å². The number of piperidine rings is 1. The molecule has 1 atom stereocenters. The SMILES string of the molecule is C=C.CCCC1(C(CNC(C)(C)C)c2ccc(F)cc2)CCN(Cc2ccccc2)CC1. The van der Waals surface area contributed by atoms with E-state index in [0.717, 1.165) is 26.2 Å². The number of nitrogens with one attached hydrogen (secondary N) is 1. The van der Waals surface area contributed by atoms with Crippen LogP contribution in [-0.2, 0) is 6.54 Å². The van der Waals surface area contributed by atoms with Gasteiger partial charge in [-0.05, 0) is 81.8 Å². The van der Waals surface area contributed by atoms with Gasteiger partial charge in [0.1, 0.15) is 5.82 Å². The Kier molecular flexibility index (Phi) is 10.1. The molecule has 1 N–H and O–H groups in total. The van der Waals surface area contributed by atoms with Crippen molar-refractivity contribution in [3.63, 3.8) is 0 Å². The van der Waals surface area contributed by atoms with E-state index in [0.29, 0.717) is 5.92 Å². The van der Waals surface area contributed by atoms with Crippen molar-refractivity contribution in [3.8, 4) is 0 Å². The molecular formula is C29H43FN2. The Morgan fingerprint density at radius 2 is 1.59 bits per heavy atom. The predicted molar refractivity (Wildman–Crippen MR) is 136 cm³/mol. The van der Waals surface area contributed by atoms with E-state index >= 15 is 0 Å². The molecule has 2 nitrogen and oxygen atoms in total. The zero-order chi connectivity index (χ0) is 23.6. The summed E-state index contributed by atoms with van der Waals surface area (Å²) in [5.74, 6) is 0.250. The Morgan fingerprint density at radius 3 is 2.12 bits per heavy atom. The van der Waals surface area contributed by atoms with Crippen molar-refractivity contribution < 1.29 is 4.39 Å². The minimum Gasteiger partial charge on any atom is -0.311 e. The molecule has 176 valence electrons. The topological polar surface area (TPSA) is 15.3 Å². The van der Waals surface area contributed by atoms with E-state index in [4.69, 9.17) is 0 Å². The summed E-state index contributed by atoms with van der Waals surface area (Å²) in [4.78, 5) is 2.60. The van der Waals surface area contributed by atoms with Crippen molar-refractivity contribution >= 4 is 0 Å². The molecule has 2 aromatic rings. The minimum atomic E-state index is -0.150. The van der Waals surface area contributed by atoms with Gasteiger partial charge in [0.25, 0.3) is 0 Å². The third-order valence-electron chi connectivity index (χ3n) is 6.70. The lowest BCUT2D eigenvalue weighted by atomic mass is 9.63. The average molecular weight is 439 g/mol. The van der Waals surface area contributed by atoms with Crippen LogP contribution in [0.4, 0.5) is 4.39 Å². The van der Waals surface area contributed by atoms with Crippen LogP contribution in [0.1, 0.15) is 70.4 Å². The molecule has 0 spiro atoms. The fraction of sp³-hybridized carbons (Fsp3) is 0.517. The highest BCUT2D eigenvalue weighted by molar-refractivity contribution is 5.24. The number of benzene rings is 2. The van der Waals surface area contributed by atoms with Crippen molar-refractivity contribution in [1.82, 2.24) is 10.2 Å². The quantitative estimate of drug-likeness (QED) is 0.439. The molecule has 0 aliphatic carbocycles. The highest BCUT2D eigenvalue weighted by Gasteiger charge is 2.41. The van der Waals surface area contributed by atoms with Gasteiger partial charge in [-0.3, -0.25) is 4.90 Å². The van der Waals surface area contributed by atoms with Crippen LogP contribution in [0.25, 0.3) is 0 Å². The Balaban J connectivity index is 0.00000176. The van der Waals surface area contributed by atoms with Crippen molar-refractivity contribution in [1.29, 1.82) is 0 Å². The molecule has 0 amide bonds. The molecule has 3 rings (SSSR count). The van der Waals surface area contributed by atoms with Gasteiger partial charge in [0, 0.05) is 24.5 Å². The van der Waals surface area contributed by atoms with E-state index in [1.165, 1.54) is 36.8 Å². The largest absolute Gasteiger partial charge is 0.311 e. The summed E-state index contributed by atoms with van der Waals surface area (Å²) in [5.41, 5.74) is 3.00. The average Bonchev–Trinajstić information content (AvgIpc) is 2.78. The van der Waals surface area contributed by atoms with Crippen LogP contribution < -0.4 is 5.32 Å². The summed E-state index contributed by atoms with van der Waals surface area (Å²) < 4.78 is 13.6. The number of likely N-dealkylation sites (tertiary alicyclic amines) is 1. The molecule has 2 aromatic carbocycles. The Hall–Kier alpha value is -1.97. The molecule has 1 fully saturated rings. The maximum absolute atomic E-state index is 13.6. The predicted octanol–water partition coefficient (Wildman–Crippen LogP) is 7.18. The van der Waals surface area contributed by atoms with E-state index in [1.54, 1.807) is 12.1 Å². The summed E-state index contributed by atoms with van der Waals surface area (Å²) >= 11 is 0. The van der Waals surface area contributed by atoms with Gasteiger partial charge >= 0.3 is 0 Å². The molecule has 1 aliphatic rings. The summed E-state index contributed by atoms with van der Waals surface area (Å²) in [6.07, 6.45) is 4.80. The van der Waals surface area contributed by atoms with E-state index in [1.807, 2.05) is 12.1 Å². The summed E-state index contributed by atoms with van der Waals surface area (Å²) in [6.45, 7) is 19.2.